The molecule has 1 saturated heterocycles. The van der Waals surface area contributed by atoms with Crippen molar-refractivity contribution < 1.29 is 13.6 Å². The number of likely N-dealkylation sites (tertiary alicyclic amines) is 1. The van der Waals surface area contributed by atoms with Crippen LogP contribution in [-0.4, -0.2) is 30.4 Å². The van der Waals surface area contributed by atoms with E-state index in [0.717, 1.165) is 18.9 Å². The van der Waals surface area contributed by atoms with Crippen LogP contribution in [0.25, 0.3) is 0 Å². The summed E-state index contributed by atoms with van der Waals surface area (Å²) in [6.07, 6.45) is 1.61. The van der Waals surface area contributed by atoms with Crippen molar-refractivity contribution in [1.82, 2.24) is 4.90 Å². The number of carbonyl (C=O) groups excluding carboxylic acids is 1. The Hall–Kier alpha value is -1.49. The van der Waals surface area contributed by atoms with Gasteiger partial charge in [-0.15, -0.1) is 0 Å². The average Bonchev–Trinajstić information content (AvgIpc) is 2.43. The number of nitrogens with zero attached hydrogens (tertiary/aromatic N) is 1. The molecule has 1 heterocycles. The van der Waals surface area contributed by atoms with Gasteiger partial charge >= 0.3 is 0 Å². The van der Waals surface area contributed by atoms with Crippen LogP contribution in [0.15, 0.2) is 12.1 Å². The predicted molar refractivity (Wildman–Crippen MR) is 73.4 cm³/mol. The van der Waals surface area contributed by atoms with E-state index in [1.54, 1.807) is 4.90 Å². The number of benzene rings is 1. The fourth-order valence-corrected chi connectivity index (χ4v) is 2.45. The molecule has 1 aromatic carbocycles. The summed E-state index contributed by atoms with van der Waals surface area (Å²) in [5.74, 6) is -1.80. The quantitative estimate of drug-likeness (QED) is 0.905. The standard InChI is InChI=1S/C15H20F2N2O/c1-10-7-11(13(17)8-12(10)16)14(20)19-5-3-15(2,9-18)4-6-19/h7-8H,3-6,9,18H2,1-2H3. The van der Waals surface area contributed by atoms with Crippen molar-refractivity contribution in [3.8, 4) is 0 Å². The highest BCUT2D eigenvalue weighted by Gasteiger charge is 2.31. The SMILES string of the molecule is Cc1cc(C(=O)N2CCC(C)(CN)CC2)c(F)cc1F. The Morgan fingerprint density at radius 2 is 1.90 bits per heavy atom. The topological polar surface area (TPSA) is 46.3 Å². The van der Waals surface area contributed by atoms with Crippen molar-refractivity contribution in [2.24, 2.45) is 11.1 Å². The normalized spacial score (nSPS) is 18.1. The molecule has 0 aromatic heterocycles. The van der Waals surface area contributed by atoms with E-state index < -0.39 is 11.6 Å². The summed E-state index contributed by atoms with van der Waals surface area (Å²) in [6, 6.07) is 2.06. The van der Waals surface area contributed by atoms with Crippen LogP contribution in [0.4, 0.5) is 8.78 Å². The maximum absolute atomic E-state index is 13.7. The highest BCUT2D eigenvalue weighted by Crippen LogP contribution is 2.30. The van der Waals surface area contributed by atoms with Crippen LogP contribution >= 0.6 is 0 Å². The van der Waals surface area contributed by atoms with Crippen LogP contribution in [0.2, 0.25) is 0 Å². The number of rotatable bonds is 2. The van der Waals surface area contributed by atoms with Crippen molar-refractivity contribution in [1.29, 1.82) is 0 Å². The van der Waals surface area contributed by atoms with Gasteiger partial charge in [0, 0.05) is 19.2 Å². The number of halogens is 2. The molecular weight excluding hydrogens is 262 g/mol. The van der Waals surface area contributed by atoms with Crippen molar-refractivity contribution in [2.45, 2.75) is 26.7 Å². The van der Waals surface area contributed by atoms with Gasteiger partial charge in [0.05, 0.1) is 5.56 Å². The molecule has 1 aliphatic heterocycles. The average molecular weight is 282 g/mol. The third-order valence-corrected chi connectivity index (χ3v) is 4.23. The Labute approximate surface area is 117 Å². The van der Waals surface area contributed by atoms with Crippen LogP contribution in [0.5, 0.6) is 0 Å². The number of piperidine rings is 1. The molecule has 0 aliphatic carbocycles. The van der Waals surface area contributed by atoms with Crippen LogP contribution in [0.1, 0.15) is 35.7 Å². The maximum atomic E-state index is 13.7. The predicted octanol–water partition coefficient (Wildman–Crippen LogP) is 2.47. The first-order chi connectivity index (χ1) is 9.36. The molecule has 0 spiro atoms. The molecule has 110 valence electrons. The van der Waals surface area contributed by atoms with Gasteiger partial charge in [0.15, 0.2) is 0 Å². The molecule has 1 fully saturated rings. The number of carbonyl (C=O) groups is 1. The lowest BCUT2D eigenvalue weighted by atomic mass is 9.80. The minimum absolute atomic E-state index is 0.0496. The molecular formula is C15H20F2N2O. The summed E-state index contributed by atoms with van der Waals surface area (Å²) in [7, 11) is 0. The van der Waals surface area contributed by atoms with E-state index in [-0.39, 0.29) is 22.4 Å². The van der Waals surface area contributed by atoms with Crippen molar-refractivity contribution in [2.75, 3.05) is 19.6 Å². The second-order valence-corrected chi connectivity index (χ2v) is 5.89. The van der Waals surface area contributed by atoms with Gasteiger partial charge in [-0.2, -0.15) is 0 Å². The van der Waals surface area contributed by atoms with Crippen LogP contribution < -0.4 is 5.73 Å². The zero-order chi connectivity index (χ0) is 14.9. The van der Waals surface area contributed by atoms with Crippen LogP contribution in [-0.2, 0) is 0 Å². The lowest BCUT2D eigenvalue weighted by molar-refractivity contribution is 0.0613. The molecule has 0 bridgehead atoms. The molecule has 20 heavy (non-hydrogen) atoms. The number of amides is 1. The minimum Gasteiger partial charge on any atom is -0.339 e. The van der Waals surface area contributed by atoms with E-state index in [0.29, 0.717) is 19.6 Å². The molecule has 5 heteroatoms. The monoisotopic (exact) mass is 282 g/mol. The number of nitrogens with two attached hydrogens (primary N) is 1. The molecule has 0 unspecified atom stereocenters. The van der Waals surface area contributed by atoms with E-state index in [1.807, 2.05) is 0 Å². The van der Waals surface area contributed by atoms with Gasteiger partial charge in [-0.1, -0.05) is 6.92 Å². The molecule has 3 nitrogen and oxygen atoms in total. The number of aryl methyl sites for hydroxylation is 1. The Morgan fingerprint density at radius 3 is 2.45 bits per heavy atom. The maximum Gasteiger partial charge on any atom is 0.256 e. The molecule has 1 aromatic rings. The third kappa shape index (κ3) is 2.82. The minimum atomic E-state index is -0.801. The van der Waals surface area contributed by atoms with Crippen LogP contribution in [0, 0.1) is 24.0 Å². The first kappa shape index (κ1) is 14.9. The fourth-order valence-electron chi connectivity index (χ4n) is 2.45. The van der Waals surface area contributed by atoms with Crippen LogP contribution in [0.3, 0.4) is 0 Å². The zero-order valence-corrected chi connectivity index (χ0v) is 11.9. The van der Waals surface area contributed by atoms with Gasteiger partial charge in [-0.25, -0.2) is 8.78 Å². The lowest BCUT2D eigenvalue weighted by Crippen LogP contribution is -2.45. The van der Waals surface area contributed by atoms with Crippen molar-refractivity contribution >= 4 is 5.91 Å². The summed E-state index contributed by atoms with van der Waals surface area (Å²) in [5.41, 5.74) is 6.00. The van der Waals surface area contributed by atoms with E-state index in [4.69, 9.17) is 5.73 Å². The van der Waals surface area contributed by atoms with Gasteiger partial charge in [0.2, 0.25) is 0 Å². The molecule has 0 saturated carbocycles. The molecule has 0 atom stereocenters. The van der Waals surface area contributed by atoms with Crippen molar-refractivity contribution in [3.63, 3.8) is 0 Å². The van der Waals surface area contributed by atoms with E-state index in [9.17, 15) is 13.6 Å². The lowest BCUT2D eigenvalue weighted by Gasteiger charge is -2.38. The highest BCUT2D eigenvalue weighted by atomic mass is 19.1. The summed E-state index contributed by atoms with van der Waals surface area (Å²) < 4.78 is 27.0. The second-order valence-electron chi connectivity index (χ2n) is 5.89. The fraction of sp³-hybridized carbons (Fsp3) is 0.533. The summed E-state index contributed by atoms with van der Waals surface area (Å²) >= 11 is 0. The largest absolute Gasteiger partial charge is 0.339 e. The van der Waals surface area contributed by atoms with E-state index >= 15 is 0 Å². The third-order valence-electron chi connectivity index (χ3n) is 4.23. The summed E-state index contributed by atoms with van der Waals surface area (Å²) in [6.45, 7) is 5.31. The first-order valence-electron chi connectivity index (χ1n) is 6.81. The van der Waals surface area contributed by atoms with E-state index in [2.05, 4.69) is 6.92 Å². The Balaban J connectivity index is 2.15. The van der Waals surface area contributed by atoms with Gasteiger partial charge < -0.3 is 10.6 Å². The van der Waals surface area contributed by atoms with E-state index in [1.165, 1.54) is 13.0 Å². The van der Waals surface area contributed by atoms with Gasteiger partial charge in [0.25, 0.3) is 5.91 Å². The summed E-state index contributed by atoms with van der Waals surface area (Å²) in [5, 5.41) is 0. The Bertz CT molecular complexity index is 523. The smallest absolute Gasteiger partial charge is 0.256 e. The second kappa shape index (κ2) is 5.48. The first-order valence-corrected chi connectivity index (χ1v) is 6.81. The van der Waals surface area contributed by atoms with Gasteiger partial charge in [-0.05, 0) is 43.4 Å². The molecule has 2 rings (SSSR count). The molecule has 0 radical (unpaired) electrons. The number of hydrogen-bond acceptors (Lipinski definition) is 2. The van der Waals surface area contributed by atoms with Crippen molar-refractivity contribution in [3.05, 3.63) is 34.9 Å². The summed E-state index contributed by atoms with van der Waals surface area (Å²) in [4.78, 5) is 13.9. The Morgan fingerprint density at radius 1 is 1.30 bits per heavy atom. The number of hydrogen-bond donors (Lipinski definition) is 1. The Kier molecular flexibility index (Phi) is 4.09. The zero-order valence-electron chi connectivity index (χ0n) is 11.9. The highest BCUT2D eigenvalue weighted by molar-refractivity contribution is 5.94. The molecule has 2 N–H and O–H groups in total. The molecule has 1 aliphatic rings. The molecule has 1 amide bonds. The van der Waals surface area contributed by atoms with Gasteiger partial charge in [0.1, 0.15) is 11.6 Å². The van der Waals surface area contributed by atoms with Gasteiger partial charge in [-0.3, -0.25) is 4.79 Å².